The smallest absolute Gasteiger partial charge is 0.287 e. The van der Waals surface area contributed by atoms with Gasteiger partial charge in [0.05, 0.1) is 6.04 Å². The first-order valence-corrected chi connectivity index (χ1v) is 9.49. The highest BCUT2D eigenvalue weighted by Gasteiger charge is 2.19. The van der Waals surface area contributed by atoms with Gasteiger partial charge >= 0.3 is 0 Å². The van der Waals surface area contributed by atoms with Crippen LogP contribution in [0.3, 0.4) is 0 Å². The van der Waals surface area contributed by atoms with E-state index in [4.69, 9.17) is 16.0 Å². The molecular formula is C20H20BrClN2O2. The quantitative estimate of drug-likeness (QED) is 0.573. The summed E-state index contributed by atoms with van der Waals surface area (Å²) in [5.74, 6) is 0.0814. The van der Waals surface area contributed by atoms with E-state index >= 15 is 0 Å². The SMILES string of the molecule is CN(C)CCC(NC(=O)c1cc2cc(Br)ccc2o1)c1ccc(Cl)cc1. The van der Waals surface area contributed by atoms with Crippen molar-refractivity contribution in [1.82, 2.24) is 10.2 Å². The van der Waals surface area contributed by atoms with Crippen LogP contribution in [0.2, 0.25) is 5.02 Å². The van der Waals surface area contributed by atoms with Gasteiger partial charge in [-0.1, -0.05) is 39.7 Å². The molecule has 26 heavy (non-hydrogen) atoms. The van der Waals surface area contributed by atoms with Crippen molar-refractivity contribution in [2.24, 2.45) is 0 Å². The fourth-order valence-corrected chi connectivity index (χ4v) is 3.26. The number of nitrogens with one attached hydrogen (secondary N) is 1. The normalized spacial score (nSPS) is 12.5. The van der Waals surface area contributed by atoms with Gasteiger partial charge in [-0.15, -0.1) is 0 Å². The van der Waals surface area contributed by atoms with E-state index in [0.29, 0.717) is 16.4 Å². The van der Waals surface area contributed by atoms with E-state index in [1.54, 1.807) is 6.07 Å². The molecule has 1 amide bonds. The summed E-state index contributed by atoms with van der Waals surface area (Å²) in [4.78, 5) is 14.8. The minimum absolute atomic E-state index is 0.123. The molecule has 2 aromatic carbocycles. The van der Waals surface area contributed by atoms with Crippen molar-refractivity contribution >= 4 is 44.4 Å². The molecule has 6 heteroatoms. The Bertz CT molecular complexity index is 906. The van der Waals surface area contributed by atoms with Gasteiger partial charge in [-0.25, -0.2) is 0 Å². The lowest BCUT2D eigenvalue weighted by Gasteiger charge is -2.21. The second kappa shape index (κ2) is 8.25. The molecule has 0 saturated heterocycles. The summed E-state index contributed by atoms with van der Waals surface area (Å²) in [6, 6.07) is 14.9. The van der Waals surface area contributed by atoms with E-state index in [0.717, 1.165) is 28.4 Å². The molecule has 136 valence electrons. The van der Waals surface area contributed by atoms with E-state index in [1.165, 1.54) is 0 Å². The molecule has 0 fully saturated rings. The first-order valence-electron chi connectivity index (χ1n) is 8.32. The molecule has 4 nitrogen and oxygen atoms in total. The number of furan rings is 1. The van der Waals surface area contributed by atoms with E-state index < -0.39 is 0 Å². The summed E-state index contributed by atoms with van der Waals surface area (Å²) in [5.41, 5.74) is 1.71. The minimum atomic E-state index is -0.226. The molecule has 0 saturated carbocycles. The average Bonchev–Trinajstić information content (AvgIpc) is 3.02. The van der Waals surface area contributed by atoms with Crippen LogP contribution in [-0.2, 0) is 0 Å². The molecule has 1 aromatic heterocycles. The van der Waals surface area contributed by atoms with Crippen molar-refractivity contribution < 1.29 is 9.21 Å². The summed E-state index contributed by atoms with van der Waals surface area (Å²) in [7, 11) is 4.02. The Morgan fingerprint density at radius 1 is 1.19 bits per heavy atom. The molecule has 0 bridgehead atoms. The number of hydrogen-bond acceptors (Lipinski definition) is 3. The Hall–Kier alpha value is -1.82. The number of hydrogen-bond donors (Lipinski definition) is 1. The van der Waals surface area contributed by atoms with Crippen molar-refractivity contribution in [2.75, 3.05) is 20.6 Å². The van der Waals surface area contributed by atoms with Gasteiger partial charge in [-0.2, -0.15) is 0 Å². The number of fused-ring (bicyclic) bond motifs is 1. The molecule has 0 radical (unpaired) electrons. The van der Waals surface area contributed by atoms with Gasteiger partial charge < -0.3 is 14.6 Å². The van der Waals surface area contributed by atoms with Gasteiger partial charge in [0.2, 0.25) is 0 Å². The topological polar surface area (TPSA) is 45.5 Å². The van der Waals surface area contributed by atoms with E-state index in [9.17, 15) is 4.79 Å². The summed E-state index contributed by atoms with van der Waals surface area (Å²) < 4.78 is 6.65. The predicted molar refractivity (Wildman–Crippen MR) is 109 cm³/mol. The Labute approximate surface area is 166 Å². The number of benzene rings is 2. The Morgan fingerprint density at radius 2 is 1.92 bits per heavy atom. The maximum atomic E-state index is 12.7. The number of rotatable bonds is 6. The molecule has 3 aromatic rings. The zero-order valence-corrected chi connectivity index (χ0v) is 17.0. The van der Waals surface area contributed by atoms with Gasteiger partial charge in [0.25, 0.3) is 5.91 Å². The second-order valence-corrected chi connectivity index (χ2v) is 7.81. The minimum Gasteiger partial charge on any atom is -0.451 e. The average molecular weight is 436 g/mol. The standard InChI is InChI=1S/C20H20BrClN2O2/c1-24(2)10-9-17(13-3-6-16(22)7-4-13)23-20(25)19-12-14-11-15(21)5-8-18(14)26-19/h3-8,11-12,17H,9-10H2,1-2H3,(H,23,25). The molecule has 0 aliphatic carbocycles. The van der Waals surface area contributed by atoms with Crippen molar-refractivity contribution in [3.05, 3.63) is 69.3 Å². The molecule has 1 atom stereocenters. The summed E-state index contributed by atoms with van der Waals surface area (Å²) in [6.45, 7) is 0.848. The molecule has 0 spiro atoms. The monoisotopic (exact) mass is 434 g/mol. The van der Waals surface area contributed by atoms with Crippen molar-refractivity contribution in [3.8, 4) is 0 Å². The Morgan fingerprint density at radius 3 is 2.62 bits per heavy atom. The Kier molecular flexibility index (Phi) is 6.01. The lowest BCUT2D eigenvalue weighted by molar-refractivity contribution is 0.0907. The zero-order chi connectivity index (χ0) is 18.7. The fourth-order valence-electron chi connectivity index (χ4n) is 2.76. The Balaban J connectivity index is 1.81. The molecule has 3 rings (SSSR count). The highest BCUT2D eigenvalue weighted by molar-refractivity contribution is 9.10. The maximum Gasteiger partial charge on any atom is 0.287 e. The van der Waals surface area contributed by atoms with Crippen molar-refractivity contribution in [3.63, 3.8) is 0 Å². The lowest BCUT2D eigenvalue weighted by atomic mass is 10.0. The van der Waals surface area contributed by atoms with Crippen LogP contribution in [0.25, 0.3) is 11.0 Å². The van der Waals surface area contributed by atoms with Crippen LogP contribution in [0.5, 0.6) is 0 Å². The zero-order valence-electron chi connectivity index (χ0n) is 14.6. The first-order chi connectivity index (χ1) is 12.4. The van der Waals surface area contributed by atoms with Gasteiger partial charge in [0.1, 0.15) is 5.58 Å². The molecule has 0 aliphatic heterocycles. The predicted octanol–water partition coefficient (Wildman–Crippen LogP) is 5.27. The highest BCUT2D eigenvalue weighted by Crippen LogP contribution is 2.25. The van der Waals surface area contributed by atoms with Crippen LogP contribution in [-0.4, -0.2) is 31.4 Å². The maximum absolute atomic E-state index is 12.7. The van der Waals surface area contributed by atoms with Gasteiger partial charge in [-0.3, -0.25) is 4.79 Å². The number of halogens is 2. The molecular weight excluding hydrogens is 416 g/mol. The van der Waals surface area contributed by atoms with E-state index in [2.05, 4.69) is 26.1 Å². The van der Waals surface area contributed by atoms with Crippen LogP contribution in [0.15, 0.2) is 57.4 Å². The summed E-state index contributed by atoms with van der Waals surface area (Å²) >= 11 is 9.42. The molecule has 1 heterocycles. The lowest BCUT2D eigenvalue weighted by Crippen LogP contribution is -2.30. The molecule has 1 unspecified atom stereocenters. The summed E-state index contributed by atoms with van der Waals surface area (Å²) in [5, 5.41) is 4.65. The van der Waals surface area contributed by atoms with Crippen LogP contribution in [0, 0.1) is 0 Å². The third kappa shape index (κ3) is 4.67. The van der Waals surface area contributed by atoms with Crippen LogP contribution >= 0.6 is 27.5 Å². The van der Waals surface area contributed by atoms with E-state index in [-0.39, 0.29) is 11.9 Å². The van der Waals surface area contributed by atoms with E-state index in [1.807, 2.05) is 56.6 Å². The van der Waals surface area contributed by atoms with Crippen LogP contribution in [0.1, 0.15) is 28.6 Å². The second-order valence-electron chi connectivity index (χ2n) is 6.46. The first kappa shape index (κ1) is 19.0. The number of carbonyl (C=O) groups is 1. The number of amides is 1. The van der Waals surface area contributed by atoms with Gasteiger partial charge in [-0.05, 0) is 69.0 Å². The number of carbonyl (C=O) groups excluding carboxylic acids is 1. The fraction of sp³-hybridized carbons (Fsp3) is 0.250. The van der Waals surface area contributed by atoms with Crippen molar-refractivity contribution in [2.45, 2.75) is 12.5 Å². The van der Waals surface area contributed by atoms with Crippen LogP contribution < -0.4 is 5.32 Å². The van der Waals surface area contributed by atoms with Crippen molar-refractivity contribution in [1.29, 1.82) is 0 Å². The third-order valence-corrected chi connectivity index (χ3v) is 4.89. The largest absolute Gasteiger partial charge is 0.451 e. The third-order valence-electron chi connectivity index (χ3n) is 4.14. The van der Waals surface area contributed by atoms with Gasteiger partial charge in [0, 0.05) is 14.9 Å². The molecule has 0 aliphatic rings. The number of nitrogens with zero attached hydrogens (tertiary/aromatic N) is 1. The van der Waals surface area contributed by atoms with Gasteiger partial charge in [0.15, 0.2) is 5.76 Å². The molecule has 1 N–H and O–H groups in total. The highest BCUT2D eigenvalue weighted by atomic mass is 79.9. The summed E-state index contributed by atoms with van der Waals surface area (Å²) in [6.07, 6.45) is 0.784. The van der Waals surface area contributed by atoms with Crippen LogP contribution in [0.4, 0.5) is 0 Å².